The molecule has 5 heteroatoms. The highest BCUT2D eigenvalue weighted by Gasteiger charge is 2.51. The Morgan fingerprint density at radius 2 is 2.10 bits per heavy atom. The van der Waals surface area contributed by atoms with Crippen LogP contribution in [0.15, 0.2) is 0 Å². The summed E-state index contributed by atoms with van der Waals surface area (Å²) in [5.74, 6) is 0. The quantitative estimate of drug-likeness (QED) is 0.729. The fraction of sp³-hybridized carbons (Fsp3) is 0.933. The number of fused-ring (bicyclic) bond motifs is 2. The molecule has 3 aliphatic heterocycles. The van der Waals surface area contributed by atoms with E-state index in [1.54, 1.807) is 0 Å². The van der Waals surface area contributed by atoms with Crippen molar-refractivity contribution in [2.75, 3.05) is 32.7 Å². The second-order valence-corrected chi connectivity index (χ2v) is 7.43. The van der Waals surface area contributed by atoms with Gasteiger partial charge < -0.3 is 15.0 Å². The number of likely N-dealkylation sites (tertiary alicyclic amines) is 1. The Balaban J connectivity index is 1.68. The van der Waals surface area contributed by atoms with Crippen LogP contribution < -0.4 is 5.32 Å². The Morgan fingerprint density at radius 3 is 2.85 bits per heavy atom. The molecular weight excluding hydrogens is 254 g/mol. The third-order valence-electron chi connectivity index (χ3n) is 4.83. The van der Waals surface area contributed by atoms with Gasteiger partial charge >= 0.3 is 6.09 Å². The van der Waals surface area contributed by atoms with E-state index < -0.39 is 5.60 Å². The summed E-state index contributed by atoms with van der Waals surface area (Å²) in [6, 6.07) is 0.601. The lowest BCUT2D eigenvalue weighted by Crippen LogP contribution is -2.66. The highest BCUT2D eigenvalue weighted by Crippen LogP contribution is 2.36. The molecule has 0 aliphatic carbocycles. The first-order valence-electron chi connectivity index (χ1n) is 7.87. The van der Waals surface area contributed by atoms with E-state index in [2.05, 4.69) is 10.2 Å². The van der Waals surface area contributed by atoms with Crippen LogP contribution in [0.25, 0.3) is 0 Å². The summed E-state index contributed by atoms with van der Waals surface area (Å²) in [4.78, 5) is 16.7. The standard InChI is InChI=1S/C15H27N3O2/c1-14(2,3)20-13(19)18-9-6-15(11-18)12-5-4-8-17(12)10-7-16-15/h12,16H,4-11H2,1-3H3. The molecule has 3 saturated heterocycles. The number of amides is 1. The van der Waals surface area contributed by atoms with Gasteiger partial charge in [0, 0.05) is 32.2 Å². The minimum absolute atomic E-state index is 0.103. The van der Waals surface area contributed by atoms with Gasteiger partial charge in [0.1, 0.15) is 5.60 Å². The number of ether oxygens (including phenoxy) is 1. The summed E-state index contributed by atoms with van der Waals surface area (Å²) in [6.07, 6.45) is 3.44. The Kier molecular flexibility index (Phi) is 3.45. The van der Waals surface area contributed by atoms with Crippen LogP contribution in [0.4, 0.5) is 4.79 Å². The van der Waals surface area contributed by atoms with Crippen molar-refractivity contribution in [3.63, 3.8) is 0 Å². The summed E-state index contributed by atoms with van der Waals surface area (Å²) < 4.78 is 5.51. The molecule has 2 atom stereocenters. The monoisotopic (exact) mass is 281 g/mol. The Hall–Kier alpha value is -0.810. The Bertz CT molecular complexity index is 393. The summed E-state index contributed by atoms with van der Waals surface area (Å²) in [6.45, 7) is 10.8. The second-order valence-electron chi connectivity index (χ2n) is 7.43. The predicted molar refractivity (Wildman–Crippen MR) is 77.8 cm³/mol. The van der Waals surface area contributed by atoms with Crippen LogP contribution in [0.3, 0.4) is 0 Å². The number of nitrogens with zero attached hydrogens (tertiary/aromatic N) is 2. The van der Waals surface area contributed by atoms with Crippen molar-refractivity contribution in [3.8, 4) is 0 Å². The van der Waals surface area contributed by atoms with Gasteiger partial charge in [0.25, 0.3) is 0 Å². The highest BCUT2D eigenvalue weighted by molar-refractivity contribution is 5.68. The van der Waals surface area contributed by atoms with Gasteiger partial charge in [0.05, 0.1) is 5.54 Å². The van der Waals surface area contributed by atoms with Crippen LogP contribution in [-0.4, -0.2) is 65.8 Å². The number of piperazine rings is 1. The van der Waals surface area contributed by atoms with Gasteiger partial charge in [-0.1, -0.05) is 0 Å². The van der Waals surface area contributed by atoms with Crippen molar-refractivity contribution >= 4 is 6.09 Å². The van der Waals surface area contributed by atoms with Crippen LogP contribution in [0.5, 0.6) is 0 Å². The van der Waals surface area contributed by atoms with Gasteiger partial charge in [-0.3, -0.25) is 4.90 Å². The molecule has 1 amide bonds. The minimum Gasteiger partial charge on any atom is -0.444 e. The third-order valence-corrected chi connectivity index (χ3v) is 4.83. The maximum Gasteiger partial charge on any atom is 0.410 e. The molecule has 20 heavy (non-hydrogen) atoms. The molecule has 1 spiro atoms. The SMILES string of the molecule is CC(C)(C)OC(=O)N1CCC2(C1)NCCN1CCCC12. The fourth-order valence-electron chi connectivity index (χ4n) is 4.02. The van der Waals surface area contributed by atoms with E-state index in [4.69, 9.17) is 4.74 Å². The van der Waals surface area contributed by atoms with Gasteiger partial charge in [-0.05, 0) is 46.6 Å². The average Bonchev–Trinajstić information content (AvgIpc) is 2.95. The third kappa shape index (κ3) is 2.53. The van der Waals surface area contributed by atoms with Gasteiger partial charge in [-0.15, -0.1) is 0 Å². The maximum atomic E-state index is 12.2. The second kappa shape index (κ2) is 4.88. The fourth-order valence-corrected chi connectivity index (χ4v) is 4.02. The zero-order chi connectivity index (χ0) is 14.4. The molecule has 3 heterocycles. The molecule has 3 fully saturated rings. The average molecular weight is 281 g/mol. The van der Waals surface area contributed by atoms with E-state index in [1.807, 2.05) is 25.7 Å². The molecule has 3 rings (SSSR count). The smallest absolute Gasteiger partial charge is 0.410 e. The van der Waals surface area contributed by atoms with Crippen molar-refractivity contribution in [2.24, 2.45) is 0 Å². The topological polar surface area (TPSA) is 44.8 Å². The highest BCUT2D eigenvalue weighted by atomic mass is 16.6. The molecule has 0 radical (unpaired) electrons. The van der Waals surface area contributed by atoms with Crippen molar-refractivity contribution in [1.82, 2.24) is 15.1 Å². The van der Waals surface area contributed by atoms with Crippen LogP contribution in [0, 0.1) is 0 Å². The number of hydrogen-bond acceptors (Lipinski definition) is 4. The molecule has 0 aromatic rings. The van der Waals surface area contributed by atoms with Crippen LogP contribution in [0.2, 0.25) is 0 Å². The normalized spacial score (nSPS) is 34.5. The van der Waals surface area contributed by atoms with Crippen LogP contribution in [0.1, 0.15) is 40.0 Å². The summed E-state index contributed by atoms with van der Waals surface area (Å²) in [7, 11) is 0. The number of hydrogen-bond donors (Lipinski definition) is 1. The van der Waals surface area contributed by atoms with E-state index in [1.165, 1.54) is 19.4 Å². The summed E-state index contributed by atoms with van der Waals surface area (Å²) in [5, 5.41) is 3.72. The molecule has 114 valence electrons. The van der Waals surface area contributed by atoms with Gasteiger partial charge in [0.15, 0.2) is 0 Å². The molecule has 0 aromatic heterocycles. The predicted octanol–water partition coefficient (Wildman–Crippen LogP) is 1.43. The van der Waals surface area contributed by atoms with E-state index in [-0.39, 0.29) is 11.6 Å². The summed E-state index contributed by atoms with van der Waals surface area (Å²) >= 11 is 0. The molecule has 1 N–H and O–H groups in total. The van der Waals surface area contributed by atoms with Gasteiger partial charge in [0.2, 0.25) is 0 Å². The van der Waals surface area contributed by atoms with E-state index in [0.717, 1.165) is 32.6 Å². The minimum atomic E-state index is -0.410. The zero-order valence-corrected chi connectivity index (χ0v) is 12.9. The number of carbonyl (C=O) groups excluding carboxylic acids is 1. The van der Waals surface area contributed by atoms with Gasteiger partial charge in [-0.2, -0.15) is 0 Å². The zero-order valence-electron chi connectivity index (χ0n) is 12.9. The molecule has 3 aliphatic rings. The first kappa shape index (κ1) is 14.1. The number of carbonyl (C=O) groups is 1. The van der Waals surface area contributed by atoms with E-state index >= 15 is 0 Å². The summed E-state index contributed by atoms with van der Waals surface area (Å²) in [5.41, 5.74) is -0.308. The van der Waals surface area contributed by atoms with Crippen LogP contribution in [-0.2, 0) is 4.74 Å². The van der Waals surface area contributed by atoms with Crippen molar-refractivity contribution < 1.29 is 9.53 Å². The van der Waals surface area contributed by atoms with Crippen molar-refractivity contribution in [3.05, 3.63) is 0 Å². The molecular formula is C15H27N3O2. The van der Waals surface area contributed by atoms with Crippen molar-refractivity contribution in [2.45, 2.75) is 57.2 Å². The molecule has 0 aromatic carbocycles. The molecule has 0 bridgehead atoms. The lowest BCUT2D eigenvalue weighted by atomic mass is 9.85. The van der Waals surface area contributed by atoms with Crippen LogP contribution >= 0.6 is 0 Å². The number of rotatable bonds is 0. The first-order valence-corrected chi connectivity index (χ1v) is 7.87. The largest absolute Gasteiger partial charge is 0.444 e. The Morgan fingerprint density at radius 1 is 1.30 bits per heavy atom. The maximum absolute atomic E-state index is 12.2. The molecule has 2 unspecified atom stereocenters. The lowest BCUT2D eigenvalue weighted by molar-refractivity contribution is 0.0246. The molecule has 5 nitrogen and oxygen atoms in total. The lowest BCUT2D eigenvalue weighted by Gasteiger charge is -2.45. The van der Waals surface area contributed by atoms with Crippen molar-refractivity contribution in [1.29, 1.82) is 0 Å². The van der Waals surface area contributed by atoms with E-state index in [0.29, 0.717) is 6.04 Å². The van der Waals surface area contributed by atoms with Gasteiger partial charge in [-0.25, -0.2) is 4.79 Å². The Labute approximate surface area is 121 Å². The molecule has 0 saturated carbocycles. The first-order chi connectivity index (χ1) is 9.40. The number of nitrogens with one attached hydrogen (secondary N) is 1. The van der Waals surface area contributed by atoms with E-state index in [9.17, 15) is 4.79 Å².